The van der Waals surface area contributed by atoms with Crippen LogP contribution in [0.4, 0.5) is 10.1 Å². The maximum absolute atomic E-state index is 13.8. The number of hydrogen-bond acceptors (Lipinski definition) is 4. The lowest BCUT2D eigenvalue weighted by molar-refractivity contribution is -0.255. The van der Waals surface area contributed by atoms with E-state index in [-0.39, 0.29) is 21.2 Å². The highest BCUT2D eigenvalue weighted by atomic mass is 35.5. The number of hydrogen-bond donors (Lipinski definition) is 1. The summed E-state index contributed by atoms with van der Waals surface area (Å²) in [5.41, 5.74) is -0.316. The number of halogens is 2. The highest BCUT2D eigenvalue weighted by Gasteiger charge is 2.20. The minimum atomic E-state index is -4.18. The van der Waals surface area contributed by atoms with Crippen LogP contribution in [0.2, 0.25) is 5.02 Å². The molecule has 0 aromatic heterocycles. The Labute approximate surface area is 131 Å². The molecule has 116 valence electrons. The van der Waals surface area contributed by atoms with Gasteiger partial charge in [0.05, 0.1) is 21.6 Å². The van der Waals surface area contributed by atoms with E-state index in [9.17, 15) is 22.7 Å². The van der Waals surface area contributed by atoms with Gasteiger partial charge in [0.15, 0.2) is 5.82 Å². The van der Waals surface area contributed by atoms with E-state index in [0.29, 0.717) is 5.56 Å². The van der Waals surface area contributed by atoms with Crippen LogP contribution in [0.5, 0.6) is 0 Å². The molecule has 5 nitrogen and oxygen atoms in total. The molecule has 0 aliphatic heterocycles. The Hall–Kier alpha value is -2.12. The van der Waals surface area contributed by atoms with Crippen molar-refractivity contribution in [2.75, 3.05) is 4.72 Å². The van der Waals surface area contributed by atoms with Crippen LogP contribution < -0.4 is 9.83 Å². The molecule has 0 aliphatic carbocycles. The van der Waals surface area contributed by atoms with Crippen LogP contribution in [-0.2, 0) is 10.0 Å². The third-order valence-electron chi connectivity index (χ3n) is 2.91. The summed E-state index contributed by atoms with van der Waals surface area (Å²) >= 11 is 5.59. The van der Waals surface area contributed by atoms with Gasteiger partial charge >= 0.3 is 0 Å². The van der Waals surface area contributed by atoms with Crippen LogP contribution in [0.15, 0.2) is 41.3 Å². The summed E-state index contributed by atoms with van der Waals surface area (Å²) in [5, 5.41) is 10.6. The van der Waals surface area contributed by atoms with Crippen molar-refractivity contribution >= 4 is 33.3 Å². The summed E-state index contributed by atoms with van der Waals surface area (Å²) in [6, 6.07) is 7.37. The molecule has 0 aliphatic rings. The smallest absolute Gasteiger partial charge is 0.262 e. The van der Waals surface area contributed by atoms with E-state index in [1.165, 1.54) is 37.3 Å². The SMILES string of the molecule is Cc1ccc(C(=O)[O-])cc1S(=O)(=O)Nc1cccc(Cl)c1F. The Morgan fingerprint density at radius 1 is 1.27 bits per heavy atom. The van der Waals surface area contributed by atoms with Gasteiger partial charge in [-0.2, -0.15) is 0 Å². The molecule has 0 atom stereocenters. The van der Waals surface area contributed by atoms with E-state index >= 15 is 0 Å². The van der Waals surface area contributed by atoms with Crippen molar-refractivity contribution < 1.29 is 22.7 Å². The number of carbonyl (C=O) groups excluding carboxylic acids is 1. The summed E-state index contributed by atoms with van der Waals surface area (Å²) in [6.45, 7) is 1.49. The average Bonchev–Trinajstić information content (AvgIpc) is 2.43. The molecule has 0 spiro atoms. The number of carboxylic acid groups (broad SMARTS) is 1. The fourth-order valence-corrected chi connectivity index (χ4v) is 3.30. The first-order chi connectivity index (χ1) is 10.2. The first kappa shape index (κ1) is 16.3. The van der Waals surface area contributed by atoms with Gasteiger partial charge < -0.3 is 9.90 Å². The monoisotopic (exact) mass is 342 g/mol. The molecule has 22 heavy (non-hydrogen) atoms. The molecule has 2 aromatic rings. The molecule has 0 radical (unpaired) electrons. The van der Waals surface area contributed by atoms with E-state index in [1.54, 1.807) is 0 Å². The molecular weight excluding hydrogens is 333 g/mol. The van der Waals surface area contributed by atoms with Gasteiger partial charge in [0.25, 0.3) is 10.0 Å². The second-order valence-electron chi connectivity index (χ2n) is 4.47. The lowest BCUT2D eigenvalue weighted by atomic mass is 10.1. The number of rotatable bonds is 4. The number of nitrogens with one attached hydrogen (secondary N) is 1. The number of aromatic carboxylic acids is 1. The molecule has 8 heteroatoms. The molecular formula is C14H10ClFNO4S-. The Bertz CT molecular complexity index is 852. The van der Waals surface area contributed by atoms with Gasteiger partial charge in [0.1, 0.15) is 0 Å². The van der Waals surface area contributed by atoms with Crippen LogP contribution >= 0.6 is 11.6 Å². The molecule has 0 amide bonds. The first-order valence-corrected chi connectivity index (χ1v) is 7.87. The summed E-state index contributed by atoms with van der Waals surface area (Å²) < 4.78 is 40.5. The Balaban J connectivity index is 2.49. The normalized spacial score (nSPS) is 11.2. The summed E-state index contributed by atoms with van der Waals surface area (Å²) in [7, 11) is -4.18. The molecule has 1 N–H and O–H groups in total. The van der Waals surface area contributed by atoms with Crippen LogP contribution in [-0.4, -0.2) is 14.4 Å². The highest BCUT2D eigenvalue weighted by Crippen LogP contribution is 2.26. The third-order valence-corrected chi connectivity index (χ3v) is 4.71. The molecule has 0 saturated heterocycles. The standard InChI is InChI=1S/C14H11ClFNO4S/c1-8-5-6-9(14(18)19)7-12(8)22(20,21)17-11-4-2-3-10(15)13(11)16/h2-7,17H,1H3,(H,18,19)/p-1. The zero-order valence-corrected chi connectivity index (χ0v) is 12.8. The predicted octanol–water partition coefficient (Wildman–Crippen LogP) is 1.95. The summed E-state index contributed by atoms with van der Waals surface area (Å²) in [5.74, 6) is -2.42. The number of sulfonamides is 1. The van der Waals surface area contributed by atoms with Crippen LogP contribution in [0.25, 0.3) is 0 Å². The minimum absolute atomic E-state index is 0.236. The number of benzene rings is 2. The highest BCUT2D eigenvalue weighted by molar-refractivity contribution is 7.92. The number of anilines is 1. The van der Waals surface area contributed by atoms with E-state index in [0.717, 1.165) is 6.07 Å². The van der Waals surface area contributed by atoms with Gasteiger partial charge in [-0.05, 0) is 36.2 Å². The van der Waals surface area contributed by atoms with Gasteiger partial charge in [-0.1, -0.05) is 29.8 Å². The molecule has 2 rings (SSSR count). The molecule has 0 fully saturated rings. The molecule has 0 unspecified atom stereocenters. The molecule has 0 heterocycles. The zero-order valence-electron chi connectivity index (χ0n) is 11.3. The molecule has 0 bridgehead atoms. The van der Waals surface area contributed by atoms with Crippen molar-refractivity contribution in [3.05, 3.63) is 58.4 Å². The number of carboxylic acids is 1. The van der Waals surface area contributed by atoms with Crippen LogP contribution in [0.1, 0.15) is 15.9 Å². The second kappa shape index (κ2) is 5.94. The third kappa shape index (κ3) is 3.20. The fourth-order valence-electron chi connectivity index (χ4n) is 1.80. The van der Waals surface area contributed by atoms with Crippen LogP contribution in [0.3, 0.4) is 0 Å². The maximum atomic E-state index is 13.8. The van der Waals surface area contributed by atoms with Crippen molar-refractivity contribution in [1.82, 2.24) is 0 Å². The quantitative estimate of drug-likeness (QED) is 0.920. The minimum Gasteiger partial charge on any atom is -0.545 e. The van der Waals surface area contributed by atoms with Crippen molar-refractivity contribution in [2.45, 2.75) is 11.8 Å². The topological polar surface area (TPSA) is 86.3 Å². The number of carbonyl (C=O) groups is 1. The van der Waals surface area contributed by atoms with Crippen molar-refractivity contribution in [3.8, 4) is 0 Å². The average molecular weight is 343 g/mol. The Kier molecular flexibility index (Phi) is 4.39. The van der Waals surface area contributed by atoms with Crippen LogP contribution in [0, 0.1) is 12.7 Å². The zero-order chi connectivity index (χ0) is 16.5. The predicted molar refractivity (Wildman–Crippen MR) is 77.7 cm³/mol. The fraction of sp³-hybridized carbons (Fsp3) is 0.0714. The van der Waals surface area contributed by atoms with Gasteiger partial charge in [0, 0.05) is 0 Å². The molecule has 2 aromatic carbocycles. The van der Waals surface area contributed by atoms with E-state index in [2.05, 4.69) is 4.72 Å². The van der Waals surface area contributed by atoms with Crippen molar-refractivity contribution in [3.63, 3.8) is 0 Å². The lowest BCUT2D eigenvalue weighted by Gasteiger charge is -2.13. The van der Waals surface area contributed by atoms with Crippen molar-refractivity contribution in [2.24, 2.45) is 0 Å². The summed E-state index contributed by atoms with van der Waals surface area (Å²) in [4.78, 5) is 10.6. The maximum Gasteiger partial charge on any atom is 0.262 e. The van der Waals surface area contributed by atoms with Gasteiger partial charge in [0.2, 0.25) is 0 Å². The largest absolute Gasteiger partial charge is 0.545 e. The summed E-state index contributed by atoms with van der Waals surface area (Å²) in [6.07, 6.45) is 0. The first-order valence-electron chi connectivity index (χ1n) is 6.01. The molecule has 0 saturated carbocycles. The van der Waals surface area contributed by atoms with Gasteiger partial charge in [-0.25, -0.2) is 12.8 Å². The number of aryl methyl sites for hydroxylation is 1. The van der Waals surface area contributed by atoms with Gasteiger partial charge in [-0.3, -0.25) is 4.72 Å². The van der Waals surface area contributed by atoms with Crippen molar-refractivity contribution in [1.29, 1.82) is 0 Å². The Morgan fingerprint density at radius 2 is 1.95 bits per heavy atom. The van der Waals surface area contributed by atoms with Gasteiger partial charge in [-0.15, -0.1) is 0 Å². The second-order valence-corrected chi connectivity index (χ2v) is 6.53. The van der Waals surface area contributed by atoms with E-state index < -0.39 is 21.8 Å². The Morgan fingerprint density at radius 3 is 2.59 bits per heavy atom. The lowest BCUT2D eigenvalue weighted by Crippen LogP contribution is -2.23. The van der Waals surface area contributed by atoms with E-state index in [4.69, 9.17) is 11.6 Å². The van der Waals surface area contributed by atoms with E-state index in [1.807, 2.05) is 0 Å².